The van der Waals surface area contributed by atoms with Crippen molar-refractivity contribution >= 4 is 5.78 Å². The average Bonchev–Trinajstić information content (AvgIpc) is 2.95. The fraction of sp³-hybridized carbons (Fsp3) is 0.381. The summed E-state index contributed by atoms with van der Waals surface area (Å²) in [6, 6.07) is 3.41. The molecule has 1 N–H and O–H groups in total. The zero-order valence-electron chi connectivity index (χ0n) is 15.9. The van der Waals surface area contributed by atoms with E-state index in [0.717, 1.165) is 5.56 Å². The third kappa shape index (κ3) is 2.90. The first-order valence-corrected chi connectivity index (χ1v) is 8.67. The van der Waals surface area contributed by atoms with Crippen LogP contribution in [-0.2, 0) is 14.3 Å². The van der Waals surface area contributed by atoms with Crippen molar-refractivity contribution in [3.63, 3.8) is 0 Å². The number of phenolic OH excluding ortho intramolecular Hbond substituents is 1. The third-order valence-corrected chi connectivity index (χ3v) is 5.27. The fourth-order valence-corrected chi connectivity index (χ4v) is 3.77. The standard InChI is InChI=1S/C21H24O6/c1-6-7-13-11-21(26-5)12(2)20(27-18(21)10-15(13)22)14-8-16(24-3)19(23)17(9-14)25-4/h6,8-12,20,23H,1,7H2,2-5H3. The summed E-state index contributed by atoms with van der Waals surface area (Å²) in [6.07, 6.45) is 5.08. The lowest BCUT2D eigenvalue weighted by atomic mass is 9.78. The van der Waals surface area contributed by atoms with E-state index in [1.54, 1.807) is 25.3 Å². The van der Waals surface area contributed by atoms with Crippen molar-refractivity contribution < 1.29 is 28.8 Å². The highest BCUT2D eigenvalue weighted by atomic mass is 16.6. The Bertz CT molecular complexity index is 812. The van der Waals surface area contributed by atoms with Crippen molar-refractivity contribution in [3.05, 3.63) is 53.8 Å². The largest absolute Gasteiger partial charge is 0.502 e. The number of carbonyl (C=O) groups excluding carboxylic acids is 1. The molecule has 1 aliphatic heterocycles. The van der Waals surface area contributed by atoms with E-state index in [1.165, 1.54) is 20.3 Å². The van der Waals surface area contributed by atoms with Crippen molar-refractivity contribution in [1.82, 2.24) is 0 Å². The van der Waals surface area contributed by atoms with Crippen molar-refractivity contribution in [2.45, 2.75) is 25.0 Å². The van der Waals surface area contributed by atoms with Crippen molar-refractivity contribution in [2.24, 2.45) is 5.92 Å². The quantitative estimate of drug-likeness (QED) is 0.771. The molecule has 2 aliphatic rings. The van der Waals surface area contributed by atoms with E-state index in [2.05, 4.69) is 6.58 Å². The highest BCUT2D eigenvalue weighted by Gasteiger charge is 2.54. The number of methoxy groups -OCH3 is 3. The van der Waals surface area contributed by atoms with Crippen LogP contribution >= 0.6 is 0 Å². The van der Waals surface area contributed by atoms with Crippen molar-refractivity contribution in [2.75, 3.05) is 21.3 Å². The van der Waals surface area contributed by atoms with Crippen LogP contribution in [0.4, 0.5) is 0 Å². The molecule has 0 spiro atoms. The number of ketones is 1. The Hall–Kier alpha value is -2.73. The molecular weight excluding hydrogens is 348 g/mol. The molecule has 0 amide bonds. The van der Waals surface area contributed by atoms with Gasteiger partial charge < -0.3 is 24.1 Å². The molecule has 1 aliphatic carbocycles. The molecule has 0 aromatic heterocycles. The predicted molar refractivity (Wildman–Crippen MR) is 99.9 cm³/mol. The van der Waals surface area contributed by atoms with Gasteiger partial charge in [0.2, 0.25) is 5.75 Å². The molecule has 1 aromatic rings. The molecule has 1 saturated heterocycles. The van der Waals surface area contributed by atoms with Gasteiger partial charge in [0, 0.05) is 30.2 Å². The molecule has 6 heteroatoms. The van der Waals surface area contributed by atoms with E-state index < -0.39 is 11.7 Å². The normalized spacial score (nSPS) is 26.6. The number of phenols is 1. The Morgan fingerprint density at radius 2 is 1.89 bits per heavy atom. The number of fused-ring (bicyclic) bond motifs is 1. The first kappa shape index (κ1) is 19.0. The smallest absolute Gasteiger partial charge is 0.200 e. The van der Waals surface area contributed by atoms with Crippen molar-refractivity contribution in [3.8, 4) is 17.2 Å². The van der Waals surface area contributed by atoms with Gasteiger partial charge in [-0.05, 0) is 24.6 Å². The van der Waals surface area contributed by atoms with Crippen molar-refractivity contribution in [1.29, 1.82) is 0 Å². The minimum atomic E-state index is -0.838. The number of ether oxygens (including phenoxy) is 4. The fourth-order valence-electron chi connectivity index (χ4n) is 3.77. The van der Waals surface area contributed by atoms with Gasteiger partial charge in [-0.25, -0.2) is 0 Å². The Morgan fingerprint density at radius 1 is 1.26 bits per heavy atom. The van der Waals surface area contributed by atoms with Gasteiger partial charge in [0.1, 0.15) is 17.5 Å². The second kappa shape index (κ2) is 7.12. The first-order chi connectivity index (χ1) is 12.9. The summed E-state index contributed by atoms with van der Waals surface area (Å²) in [6.45, 7) is 5.71. The van der Waals surface area contributed by atoms with Crippen LogP contribution in [0, 0.1) is 5.92 Å². The number of benzene rings is 1. The topological polar surface area (TPSA) is 74.2 Å². The number of hydrogen-bond acceptors (Lipinski definition) is 6. The van der Waals surface area contributed by atoms with E-state index in [-0.39, 0.29) is 28.9 Å². The minimum Gasteiger partial charge on any atom is -0.502 e. The first-order valence-electron chi connectivity index (χ1n) is 8.67. The lowest BCUT2D eigenvalue weighted by Gasteiger charge is -2.31. The highest BCUT2D eigenvalue weighted by Crippen LogP contribution is 2.53. The summed E-state index contributed by atoms with van der Waals surface area (Å²) in [5.41, 5.74) is 0.550. The van der Waals surface area contributed by atoms with Crippen LogP contribution in [0.5, 0.6) is 17.2 Å². The van der Waals surface area contributed by atoms with Crippen LogP contribution in [0.3, 0.4) is 0 Å². The summed E-state index contributed by atoms with van der Waals surface area (Å²) in [5.74, 6) is 0.734. The van der Waals surface area contributed by atoms with E-state index in [9.17, 15) is 9.90 Å². The van der Waals surface area contributed by atoms with Gasteiger partial charge in [-0.2, -0.15) is 0 Å². The van der Waals surface area contributed by atoms with Crippen LogP contribution in [0.1, 0.15) is 25.0 Å². The molecule has 144 valence electrons. The van der Waals surface area contributed by atoms with E-state index in [1.807, 2.05) is 13.0 Å². The maximum Gasteiger partial charge on any atom is 0.200 e. The minimum absolute atomic E-state index is 0.0733. The van der Waals surface area contributed by atoms with Crippen LogP contribution < -0.4 is 9.47 Å². The van der Waals surface area contributed by atoms with Gasteiger partial charge >= 0.3 is 0 Å². The lowest BCUT2D eigenvalue weighted by Crippen LogP contribution is -2.38. The Kier molecular flexibility index (Phi) is 5.02. The summed E-state index contributed by atoms with van der Waals surface area (Å²) >= 11 is 0. The molecule has 6 nitrogen and oxygen atoms in total. The highest BCUT2D eigenvalue weighted by molar-refractivity contribution is 6.06. The molecular formula is C21H24O6. The number of carbonyl (C=O) groups is 1. The van der Waals surface area contributed by atoms with Crippen LogP contribution in [0.15, 0.2) is 48.3 Å². The monoisotopic (exact) mass is 372 g/mol. The average molecular weight is 372 g/mol. The summed E-state index contributed by atoms with van der Waals surface area (Å²) in [5, 5.41) is 10.2. The van der Waals surface area contributed by atoms with Gasteiger partial charge in [-0.15, -0.1) is 6.58 Å². The number of aromatic hydroxyl groups is 1. The van der Waals surface area contributed by atoms with E-state index in [4.69, 9.17) is 18.9 Å². The number of allylic oxidation sites excluding steroid dienone is 3. The molecule has 3 unspecified atom stereocenters. The summed E-state index contributed by atoms with van der Waals surface area (Å²) in [4.78, 5) is 12.4. The molecule has 27 heavy (non-hydrogen) atoms. The van der Waals surface area contributed by atoms with Gasteiger partial charge in [-0.1, -0.05) is 13.0 Å². The molecule has 0 saturated carbocycles. The number of hydrogen-bond donors (Lipinski definition) is 1. The second-order valence-corrected chi connectivity index (χ2v) is 6.63. The van der Waals surface area contributed by atoms with Crippen LogP contribution in [0.2, 0.25) is 0 Å². The van der Waals surface area contributed by atoms with Crippen LogP contribution in [-0.4, -0.2) is 37.8 Å². The third-order valence-electron chi connectivity index (χ3n) is 5.27. The maximum atomic E-state index is 12.4. The SMILES string of the molecule is C=CCC1=CC2(OC)C(=CC1=O)OC(c1cc(OC)c(O)c(OC)c1)C2C. The zero-order valence-corrected chi connectivity index (χ0v) is 15.9. The Labute approximate surface area is 158 Å². The molecule has 1 heterocycles. The predicted octanol–water partition coefficient (Wildman–Crippen LogP) is 3.47. The maximum absolute atomic E-state index is 12.4. The molecule has 0 radical (unpaired) electrons. The molecule has 0 bridgehead atoms. The van der Waals surface area contributed by atoms with Gasteiger partial charge in [0.15, 0.2) is 17.3 Å². The van der Waals surface area contributed by atoms with Gasteiger partial charge in [0.25, 0.3) is 0 Å². The molecule has 1 aromatic carbocycles. The Balaban J connectivity index is 2.08. The van der Waals surface area contributed by atoms with E-state index >= 15 is 0 Å². The zero-order chi connectivity index (χ0) is 19.8. The Morgan fingerprint density at radius 3 is 2.41 bits per heavy atom. The van der Waals surface area contributed by atoms with E-state index in [0.29, 0.717) is 17.8 Å². The molecule has 3 atom stereocenters. The lowest BCUT2D eigenvalue weighted by molar-refractivity contribution is -0.112. The summed E-state index contributed by atoms with van der Waals surface area (Å²) in [7, 11) is 4.55. The number of rotatable bonds is 6. The summed E-state index contributed by atoms with van der Waals surface area (Å²) < 4.78 is 22.5. The second-order valence-electron chi connectivity index (χ2n) is 6.63. The molecule has 1 fully saturated rings. The van der Waals surface area contributed by atoms with Gasteiger partial charge in [-0.3, -0.25) is 4.79 Å². The van der Waals surface area contributed by atoms with Gasteiger partial charge in [0.05, 0.1) is 14.2 Å². The van der Waals surface area contributed by atoms with Crippen LogP contribution in [0.25, 0.3) is 0 Å². The molecule has 3 rings (SSSR count).